The second kappa shape index (κ2) is 3.22. The van der Waals surface area contributed by atoms with Gasteiger partial charge in [0.15, 0.2) is 0 Å². The zero-order chi connectivity index (χ0) is 12.3. The fourth-order valence-corrected chi connectivity index (χ4v) is 3.64. The minimum Gasteiger partial charge on any atom is -0.312 e. The monoisotopic (exact) mass is 237 g/mol. The van der Waals surface area contributed by atoms with Crippen LogP contribution in [0.3, 0.4) is 0 Å². The van der Waals surface area contributed by atoms with Crippen LogP contribution in [0.15, 0.2) is 48.5 Å². The van der Waals surface area contributed by atoms with Gasteiger partial charge in [-0.2, -0.15) is 5.06 Å². The molecule has 0 saturated carbocycles. The van der Waals surface area contributed by atoms with E-state index in [-0.39, 0.29) is 6.04 Å². The van der Waals surface area contributed by atoms with Crippen LogP contribution in [0.25, 0.3) is 0 Å². The number of hydroxylamine groups is 2. The highest BCUT2D eigenvalue weighted by Crippen LogP contribution is 2.54. The third-order valence-electron chi connectivity index (χ3n) is 4.55. The predicted molar refractivity (Wildman–Crippen MR) is 69.4 cm³/mol. The van der Waals surface area contributed by atoms with E-state index in [1.807, 2.05) is 0 Å². The first-order valence-electron chi connectivity index (χ1n) is 6.39. The van der Waals surface area contributed by atoms with E-state index in [9.17, 15) is 5.21 Å². The summed E-state index contributed by atoms with van der Waals surface area (Å²) in [6.07, 6.45) is 0.888. The van der Waals surface area contributed by atoms with E-state index in [1.54, 1.807) is 5.06 Å². The number of nitrogens with zero attached hydrogens (tertiary/aromatic N) is 1. The molecule has 2 nitrogen and oxygen atoms in total. The zero-order valence-corrected chi connectivity index (χ0v) is 10.3. The fraction of sp³-hybridized carbons (Fsp3) is 0.250. The highest BCUT2D eigenvalue weighted by molar-refractivity contribution is 5.53. The van der Waals surface area contributed by atoms with Crippen LogP contribution >= 0.6 is 0 Å². The van der Waals surface area contributed by atoms with Gasteiger partial charge in [-0.25, -0.2) is 0 Å². The van der Waals surface area contributed by atoms with Gasteiger partial charge in [0, 0.05) is 0 Å². The SMILES string of the molecule is CC12c3ccccc3CC(c3ccccc31)N2O. The Balaban J connectivity index is 2.08. The van der Waals surface area contributed by atoms with Crippen molar-refractivity contribution in [3.05, 3.63) is 70.8 Å². The van der Waals surface area contributed by atoms with E-state index in [2.05, 4.69) is 55.5 Å². The molecule has 2 heterocycles. The molecular weight excluding hydrogens is 222 g/mol. The van der Waals surface area contributed by atoms with Crippen molar-refractivity contribution >= 4 is 0 Å². The van der Waals surface area contributed by atoms with E-state index in [4.69, 9.17) is 0 Å². The molecular formula is C16H15NO. The van der Waals surface area contributed by atoms with E-state index in [1.165, 1.54) is 22.3 Å². The summed E-state index contributed by atoms with van der Waals surface area (Å²) >= 11 is 0. The summed E-state index contributed by atoms with van der Waals surface area (Å²) in [5, 5.41) is 12.1. The second-order valence-electron chi connectivity index (χ2n) is 5.38. The molecule has 0 amide bonds. The van der Waals surface area contributed by atoms with Gasteiger partial charge in [0.05, 0.1) is 11.6 Å². The average molecular weight is 237 g/mol. The maximum absolute atomic E-state index is 10.6. The largest absolute Gasteiger partial charge is 0.312 e. The van der Waals surface area contributed by atoms with Crippen LogP contribution in [-0.4, -0.2) is 10.3 Å². The summed E-state index contributed by atoms with van der Waals surface area (Å²) in [4.78, 5) is 0. The Bertz CT molecular complexity index is 623. The second-order valence-corrected chi connectivity index (χ2v) is 5.38. The molecule has 90 valence electrons. The van der Waals surface area contributed by atoms with Crippen LogP contribution in [0.2, 0.25) is 0 Å². The molecule has 4 rings (SSSR count). The summed E-state index contributed by atoms with van der Waals surface area (Å²) in [5.74, 6) is 0. The van der Waals surface area contributed by atoms with Gasteiger partial charge in [-0.3, -0.25) is 0 Å². The van der Waals surface area contributed by atoms with Crippen molar-refractivity contribution in [1.82, 2.24) is 5.06 Å². The maximum atomic E-state index is 10.6. The Morgan fingerprint density at radius 1 is 1.06 bits per heavy atom. The quantitative estimate of drug-likeness (QED) is 0.760. The number of benzene rings is 2. The van der Waals surface area contributed by atoms with Gasteiger partial charge in [0.1, 0.15) is 0 Å². The minimum atomic E-state index is -0.393. The molecule has 2 aliphatic rings. The minimum absolute atomic E-state index is 0.0982. The van der Waals surface area contributed by atoms with Crippen molar-refractivity contribution in [3.63, 3.8) is 0 Å². The van der Waals surface area contributed by atoms with Crippen LogP contribution in [-0.2, 0) is 12.0 Å². The molecule has 2 aromatic carbocycles. The lowest BCUT2D eigenvalue weighted by Gasteiger charge is -2.40. The smallest absolute Gasteiger partial charge is 0.0942 e. The molecule has 0 spiro atoms. The molecule has 0 aromatic heterocycles. The van der Waals surface area contributed by atoms with Crippen LogP contribution in [0, 0.1) is 0 Å². The van der Waals surface area contributed by atoms with Crippen molar-refractivity contribution in [1.29, 1.82) is 0 Å². The standard InChI is InChI=1S/C16H15NO/c1-16-13-8-4-2-6-11(13)10-15(17(16)18)12-7-3-5-9-14(12)16/h2-9,15,18H,10H2,1H3. The summed E-state index contributed by atoms with van der Waals surface area (Å²) < 4.78 is 0. The van der Waals surface area contributed by atoms with Crippen LogP contribution in [0.5, 0.6) is 0 Å². The molecule has 0 aliphatic carbocycles. The van der Waals surface area contributed by atoms with Crippen molar-refractivity contribution in [2.75, 3.05) is 0 Å². The van der Waals surface area contributed by atoms with Gasteiger partial charge in [-0.05, 0) is 35.6 Å². The van der Waals surface area contributed by atoms with Gasteiger partial charge in [0.25, 0.3) is 0 Å². The molecule has 2 bridgehead atoms. The van der Waals surface area contributed by atoms with Crippen molar-refractivity contribution in [2.45, 2.75) is 24.9 Å². The molecule has 2 unspecified atom stereocenters. The molecule has 18 heavy (non-hydrogen) atoms. The lowest BCUT2D eigenvalue weighted by atomic mass is 9.82. The van der Waals surface area contributed by atoms with Gasteiger partial charge < -0.3 is 5.21 Å². The van der Waals surface area contributed by atoms with Crippen molar-refractivity contribution in [2.24, 2.45) is 0 Å². The first kappa shape index (κ1) is 10.3. The number of hydrogen-bond acceptors (Lipinski definition) is 2. The highest BCUT2D eigenvalue weighted by atomic mass is 16.5. The van der Waals surface area contributed by atoms with Crippen LogP contribution in [0.1, 0.15) is 35.2 Å². The molecule has 0 fully saturated rings. The van der Waals surface area contributed by atoms with Gasteiger partial charge >= 0.3 is 0 Å². The third-order valence-corrected chi connectivity index (χ3v) is 4.55. The summed E-state index contributed by atoms with van der Waals surface area (Å²) in [6, 6.07) is 16.9. The predicted octanol–water partition coefficient (Wildman–Crippen LogP) is 3.25. The normalized spacial score (nSPS) is 28.9. The van der Waals surface area contributed by atoms with Gasteiger partial charge in [-0.1, -0.05) is 48.5 Å². The lowest BCUT2D eigenvalue weighted by Crippen LogP contribution is -2.43. The Morgan fingerprint density at radius 2 is 1.72 bits per heavy atom. The molecule has 2 heteroatoms. The fourth-order valence-electron chi connectivity index (χ4n) is 3.64. The van der Waals surface area contributed by atoms with E-state index >= 15 is 0 Å². The number of rotatable bonds is 0. The zero-order valence-electron chi connectivity index (χ0n) is 10.3. The van der Waals surface area contributed by atoms with Crippen LogP contribution in [0.4, 0.5) is 0 Å². The molecule has 2 aromatic rings. The highest BCUT2D eigenvalue weighted by Gasteiger charge is 2.51. The summed E-state index contributed by atoms with van der Waals surface area (Å²) in [6.45, 7) is 2.11. The molecule has 1 N–H and O–H groups in total. The first-order valence-corrected chi connectivity index (χ1v) is 6.39. The van der Waals surface area contributed by atoms with Crippen molar-refractivity contribution in [3.8, 4) is 0 Å². The summed E-state index contributed by atoms with van der Waals surface area (Å²) in [7, 11) is 0. The Kier molecular flexibility index (Phi) is 1.84. The maximum Gasteiger partial charge on any atom is 0.0942 e. The molecule has 0 radical (unpaired) electrons. The lowest BCUT2D eigenvalue weighted by molar-refractivity contribution is -0.183. The number of hydrogen-bond donors (Lipinski definition) is 1. The van der Waals surface area contributed by atoms with Crippen LogP contribution < -0.4 is 0 Å². The Hall–Kier alpha value is -1.64. The van der Waals surface area contributed by atoms with E-state index < -0.39 is 5.54 Å². The summed E-state index contributed by atoms with van der Waals surface area (Å²) in [5.41, 5.74) is 4.69. The van der Waals surface area contributed by atoms with E-state index in [0.29, 0.717) is 0 Å². The first-order chi connectivity index (χ1) is 8.73. The molecule has 2 atom stereocenters. The average Bonchev–Trinajstić information content (AvgIpc) is 2.56. The Labute approximate surface area is 106 Å². The molecule has 2 aliphatic heterocycles. The Morgan fingerprint density at radius 3 is 2.56 bits per heavy atom. The third kappa shape index (κ3) is 1.01. The number of fused-ring (bicyclic) bond motifs is 7. The van der Waals surface area contributed by atoms with Gasteiger partial charge in [-0.15, -0.1) is 0 Å². The molecule has 0 saturated heterocycles. The van der Waals surface area contributed by atoms with Gasteiger partial charge in [0.2, 0.25) is 0 Å². The van der Waals surface area contributed by atoms with Crippen molar-refractivity contribution < 1.29 is 5.21 Å². The topological polar surface area (TPSA) is 23.5 Å². The van der Waals surface area contributed by atoms with E-state index in [0.717, 1.165) is 6.42 Å².